The van der Waals surface area contributed by atoms with Gasteiger partial charge < -0.3 is 4.57 Å². The summed E-state index contributed by atoms with van der Waals surface area (Å²) in [5.74, 6) is 2.33. The lowest BCUT2D eigenvalue weighted by Crippen LogP contribution is -2.18. The highest BCUT2D eigenvalue weighted by atomic mass is 35.5. The van der Waals surface area contributed by atoms with E-state index in [2.05, 4.69) is 4.98 Å². The molecule has 0 amide bonds. The first-order valence-corrected chi connectivity index (χ1v) is 8.86. The van der Waals surface area contributed by atoms with Crippen molar-refractivity contribution in [1.82, 2.24) is 9.55 Å². The Balaban J connectivity index is 2.03. The van der Waals surface area contributed by atoms with Gasteiger partial charge in [-0.3, -0.25) is 0 Å². The molecule has 1 fully saturated rings. The Hall–Kier alpha value is -0.810. The third-order valence-corrected chi connectivity index (χ3v) is 5.22. The van der Waals surface area contributed by atoms with Crippen LogP contribution in [0.15, 0.2) is 12.1 Å². The summed E-state index contributed by atoms with van der Waals surface area (Å²) in [4.78, 5) is 4.44. The van der Waals surface area contributed by atoms with E-state index < -0.39 is 11.6 Å². The minimum absolute atomic E-state index is 0.286. The van der Waals surface area contributed by atoms with Crippen LogP contribution < -0.4 is 0 Å². The Kier molecular flexibility index (Phi) is 4.69. The lowest BCUT2D eigenvalue weighted by molar-refractivity contribution is 0.412. The Morgan fingerprint density at radius 2 is 2.05 bits per heavy atom. The summed E-state index contributed by atoms with van der Waals surface area (Å²) in [7, 11) is 0. The number of aromatic nitrogens is 2. The molecular formula is C15H17ClF2N2S. The van der Waals surface area contributed by atoms with Crippen molar-refractivity contribution in [2.45, 2.75) is 25.8 Å². The molecule has 2 heterocycles. The average molecular weight is 331 g/mol. The van der Waals surface area contributed by atoms with E-state index in [4.69, 9.17) is 11.6 Å². The number of rotatable bonds is 4. The molecule has 0 aliphatic carbocycles. The maximum absolute atomic E-state index is 14.2. The first kappa shape index (κ1) is 15.1. The van der Waals surface area contributed by atoms with E-state index in [9.17, 15) is 8.78 Å². The Morgan fingerprint density at radius 3 is 2.76 bits per heavy atom. The summed E-state index contributed by atoms with van der Waals surface area (Å²) in [6, 6.07) is 2.68. The van der Waals surface area contributed by atoms with Crippen molar-refractivity contribution in [3.8, 4) is 0 Å². The van der Waals surface area contributed by atoms with E-state index in [-0.39, 0.29) is 5.52 Å². The number of nitrogens with zero attached hydrogens (tertiary/aromatic N) is 2. The van der Waals surface area contributed by atoms with Gasteiger partial charge in [0.1, 0.15) is 11.3 Å². The van der Waals surface area contributed by atoms with Gasteiger partial charge in [-0.2, -0.15) is 11.8 Å². The zero-order valence-electron chi connectivity index (χ0n) is 11.6. The van der Waals surface area contributed by atoms with Gasteiger partial charge >= 0.3 is 0 Å². The van der Waals surface area contributed by atoms with E-state index in [0.29, 0.717) is 30.3 Å². The van der Waals surface area contributed by atoms with E-state index in [1.165, 1.54) is 0 Å². The second-order valence-electron chi connectivity index (χ2n) is 5.36. The van der Waals surface area contributed by atoms with Gasteiger partial charge in [0.05, 0.1) is 5.52 Å². The normalized spacial score (nSPS) is 16.7. The molecule has 2 nitrogen and oxygen atoms in total. The minimum Gasteiger partial charge on any atom is -0.325 e. The molecule has 0 radical (unpaired) electrons. The van der Waals surface area contributed by atoms with Crippen molar-refractivity contribution < 1.29 is 8.78 Å². The highest BCUT2D eigenvalue weighted by Gasteiger charge is 2.21. The summed E-state index contributed by atoms with van der Waals surface area (Å²) in [5.41, 5.74) is 0.799. The number of thioether (sulfide) groups is 1. The fraction of sp³-hybridized carbons (Fsp3) is 0.533. The van der Waals surface area contributed by atoms with Crippen LogP contribution in [-0.2, 0) is 13.0 Å². The quantitative estimate of drug-likeness (QED) is 0.780. The molecule has 0 unspecified atom stereocenters. The van der Waals surface area contributed by atoms with Gasteiger partial charge in [0.15, 0.2) is 11.6 Å². The first-order valence-electron chi connectivity index (χ1n) is 7.17. The van der Waals surface area contributed by atoms with Crippen molar-refractivity contribution in [1.29, 1.82) is 0 Å². The topological polar surface area (TPSA) is 17.8 Å². The van der Waals surface area contributed by atoms with Crippen LogP contribution in [-0.4, -0.2) is 26.9 Å². The maximum Gasteiger partial charge on any atom is 0.184 e. The van der Waals surface area contributed by atoms with Gasteiger partial charge in [0.2, 0.25) is 0 Å². The first-order chi connectivity index (χ1) is 10.2. The largest absolute Gasteiger partial charge is 0.325 e. The minimum atomic E-state index is -0.819. The molecule has 0 atom stereocenters. The molecule has 1 aliphatic heterocycles. The number of benzene rings is 1. The second-order valence-corrected chi connectivity index (χ2v) is 6.97. The number of fused-ring (bicyclic) bond motifs is 1. The molecule has 2 aromatic rings. The SMILES string of the molecule is Fc1ccc2nc(CCCl)n(CC3CCSCC3)c2c1F. The molecule has 0 bridgehead atoms. The summed E-state index contributed by atoms with van der Waals surface area (Å²) >= 11 is 7.78. The summed E-state index contributed by atoms with van der Waals surface area (Å²) in [6.45, 7) is 0.698. The molecule has 1 aromatic carbocycles. The highest BCUT2D eigenvalue weighted by molar-refractivity contribution is 7.99. The van der Waals surface area contributed by atoms with Crippen molar-refractivity contribution in [3.63, 3.8) is 0 Å². The number of imidazole rings is 1. The van der Waals surface area contributed by atoms with Crippen LogP contribution >= 0.6 is 23.4 Å². The van der Waals surface area contributed by atoms with Crippen LogP contribution in [0.3, 0.4) is 0 Å². The van der Waals surface area contributed by atoms with Gasteiger partial charge in [0, 0.05) is 18.8 Å². The van der Waals surface area contributed by atoms with Crippen LogP contribution in [0.4, 0.5) is 8.78 Å². The third kappa shape index (κ3) is 3.04. The predicted molar refractivity (Wildman–Crippen MR) is 84.1 cm³/mol. The van der Waals surface area contributed by atoms with E-state index >= 15 is 0 Å². The molecule has 3 rings (SSSR count). The van der Waals surface area contributed by atoms with E-state index in [1.807, 2.05) is 16.3 Å². The number of aryl methyl sites for hydroxylation is 1. The maximum atomic E-state index is 14.2. The van der Waals surface area contributed by atoms with Crippen LogP contribution in [0.1, 0.15) is 18.7 Å². The molecule has 1 aromatic heterocycles. The number of hydrogen-bond acceptors (Lipinski definition) is 2. The van der Waals surface area contributed by atoms with Crippen LogP contribution in [0.25, 0.3) is 11.0 Å². The van der Waals surface area contributed by atoms with Crippen molar-refractivity contribution in [3.05, 3.63) is 29.6 Å². The Labute approximate surface area is 131 Å². The fourth-order valence-electron chi connectivity index (χ4n) is 2.86. The molecule has 1 aliphatic rings. The third-order valence-electron chi connectivity index (χ3n) is 3.98. The number of halogens is 3. The van der Waals surface area contributed by atoms with Crippen LogP contribution in [0.5, 0.6) is 0 Å². The monoisotopic (exact) mass is 330 g/mol. The summed E-state index contributed by atoms with van der Waals surface area (Å²) in [6.07, 6.45) is 2.79. The highest BCUT2D eigenvalue weighted by Crippen LogP contribution is 2.28. The van der Waals surface area contributed by atoms with Crippen molar-refractivity contribution in [2.24, 2.45) is 5.92 Å². The van der Waals surface area contributed by atoms with Gasteiger partial charge in [-0.1, -0.05) is 0 Å². The van der Waals surface area contributed by atoms with Crippen LogP contribution in [0, 0.1) is 17.6 Å². The molecule has 114 valence electrons. The second kappa shape index (κ2) is 6.53. The van der Waals surface area contributed by atoms with Crippen LogP contribution in [0.2, 0.25) is 0 Å². The van der Waals surface area contributed by atoms with Gasteiger partial charge in [-0.15, -0.1) is 11.6 Å². The van der Waals surface area contributed by atoms with Gasteiger partial charge in [-0.05, 0) is 42.4 Å². The molecule has 0 spiro atoms. The lowest BCUT2D eigenvalue weighted by Gasteiger charge is -2.23. The number of hydrogen-bond donors (Lipinski definition) is 0. The fourth-order valence-corrected chi connectivity index (χ4v) is 4.24. The summed E-state index contributed by atoms with van der Waals surface area (Å²) < 4.78 is 29.6. The zero-order valence-corrected chi connectivity index (χ0v) is 13.2. The molecule has 6 heteroatoms. The Bertz CT molecular complexity index is 638. The van der Waals surface area contributed by atoms with E-state index in [0.717, 1.165) is 36.2 Å². The molecule has 1 saturated heterocycles. The van der Waals surface area contributed by atoms with Crippen molar-refractivity contribution in [2.75, 3.05) is 17.4 Å². The predicted octanol–water partition coefficient (Wildman–Crippen LogP) is 4.24. The van der Waals surface area contributed by atoms with E-state index in [1.54, 1.807) is 6.07 Å². The zero-order chi connectivity index (χ0) is 14.8. The van der Waals surface area contributed by atoms with Gasteiger partial charge in [-0.25, -0.2) is 13.8 Å². The smallest absolute Gasteiger partial charge is 0.184 e. The van der Waals surface area contributed by atoms with Gasteiger partial charge in [0.25, 0.3) is 0 Å². The van der Waals surface area contributed by atoms with Crippen molar-refractivity contribution >= 4 is 34.4 Å². The number of alkyl halides is 1. The Morgan fingerprint density at radius 1 is 1.29 bits per heavy atom. The lowest BCUT2D eigenvalue weighted by atomic mass is 10.0. The molecular weight excluding hydrogens is 314 g/mol. The molecule has 21 heavy (non-hydrogen) atoms. The average Bonchev–Trinajstić information content (AvgIpc) is 2.83. The standard InChI is InChI=1S/C15H17ClF2N2S/c16-6-3-13-19-12-2-1-11(17)14(18)15(12)20(13)9-10-4-7-21-8-5-10/h1-2,10H,3-9H2. The molecule has 0 saturated carbocycles. The summed E-state index contributed by atoms with van der Waals surface area (Å²) in [5, 5.41) is 0. The molecule has 0 N–H and O–H groups in total.